The van der Waals surface area contributed by atoms with Crippen LogP contribution in [-0.2, 0) is 5.41 Å². The van der Waals surface area contributed by atoms with Crippen molar-refractivity contribution in [3.8, 4) is 5.88 Å². The lowest BCUT2D eigenvalue weighted by Gasteiger charge is -2.19. The first-order valence-corrected chi connectivity index (χ1v) is 5.36. The van der Waals surface area contributed by atoms with Crippen molar-refractivity contribution in [3.63, 3.8) is 0 Å². The third-order valence-electron chi connectivity index (χ3n) is 2.12. The minimum atomic E-state index is -0.134. The van der Waals surface area contributed by atoms with Crippen molar-refractivity contribution in [2.24, 2.45) is 0 Å². The van der Waals surface area contributed by atoms with Gasteiger partial charge in [0.1, 0.15) is 11.5 Å². The molecule has 0 radical (unpaired) electrons. The molecule has 0 aliphatic heterocycles. The van der Waals surface area contributed by atoms with Gasteiger partial charge in [-0.05, 0) is 6.92 Å². The quantitative estimate of drug-likeness (QED) is 0.819. The molecule has 1 heterocycles. The Morgan fingerprint density at radius 2 is 1.94 bits per heavy atom. The molecular formula is C11H20N4O. The fourth-order valence-electron chi connectivity index (χ4n) is 1.24. The predicted molar refractivity (Wildman–Crippen MR) is 65.9 cm³/mol. The molecule has 0 amide bonds. The number of nitrogens with one attached hydrogen (secondary N) is 1. The Labute approximate surface area is 96.4 Å². The lowest BCUT2D eigenvalue weighted by molar-refractivity contribution is 0.391. The first-order chi connectivity index (χ1) is 7.40. The number of nitrogens with two attached hydrogens (primary N) is 1. The highest BCUT2D eigenvalue weighted by atomic mass is 16.5. The number of rotatable bonds is 3. The summed E-state index contributed by atoms with van der Waals surface area (Å²) in [5, 5.41) is 3.11. The summed E-state index contributed by atoms with van der Waals surface area (Å²) < 4.78 is 5.15. The minimum absolute atomic E-state index is 0.134. The molecule has 3 N–H and O–H groups in total. The van der Waals surface area contributed by atoms with Crippen LogP contribution >= 0.6 is 0 Å². The molecule has 0 aliphatic carbocycles. The molecule has 0 fully saturated rings. The Balaban J connectivity index is 3.28. The summed E-state index contributed by atoms with van der Waals surface area (Å²) in [6.07, 6.45) is 0. The molecule has 0 saturated carbocycles. The van der Waals surface area contributed by atoms with Crippen LogP contribution in [-0.4, -0.2) is 23.6 Å². The zero-order valence-electron chi connectivity index (χ0n) is 10.6. The summed E-state index contributed by atoms with van der Waals surface area (Å²) in [7, 11) is 1.56. The van der Waals surface area contributed by atoms with E-state index in [4.69, 9.17) is 10.5 Å². The van der Waals surface area contributed by atoms with Crippen LogP contribution < -0.4 is 15.8 Å². The molecule has 0 unspecified atom stereocenters. The highest BCUT2D eigenvalue weighted by Gasteiger charge is 2.21. The van der Waals surface area contributed by atoms with E-state index in [1.54, 1.807) is 7.11 Å². The monoisotopic (exact) mass is 224 g/mol. The summed E-state index contributed by atoms with van der Waals surface area (Å²) in [6, 6.07) is 0. The molecule has 0 saturated heterocycles. The molecular weight excluding hydrogens is 204 g/mol. The van der Waals surface area contributed by atoms with E-state index in [1.165, 1.54) is 0 Å². The SMILES string of the molecule is CCNc1nc(C(C)(C)C)nc(OC)c1N. The molecule has 5 heteroatoms. The van der Waals surface area contributed by atoms with Crippen LogP contribution in [0.2, 0.25) is 0 Å². The van der Waals surface area contributed by atoms with E-state index in [0.717, 1.165) is 12.4 Å². The Kier molecular flexibility index (Phi) is 3.57. The topological polar surface area (TPSA) is 73.1 Å². The van der Waals surface area contributed by atoms with E-state index >= 15 is 0 Å². The average molecular weight is 224 g/mol. The number of ether oxygens (including phenoxy) is 1. The van der Waals surface area contributed by atoms with Gasteiger partial charge >= 0.3 is 0 Å². The second-order valence-corrected chi connectivity index (χ2v) is 4.60. The third-order valence-corrected chi connectivity index (χ3v) is 2.12. The Hall–Kier alpha value is -1.52. The number of aromatic nitrogens is 2. The fourth-order valence-corrected chi connectivity index (χ4v) is 1.24. The second kappa shape index (κ2) is 4.55. The minimum Gasteiger partial charge on any atom is -0.479 e. The zero-order valence-corrected chi connectivity index (χ0v) is 10.6. The first kappa shape index (κ1) is 12.5. The molecule has 1 aromatic heterocycles. The van der Waals surface area contributed by atoms with E-state index < -0.39 is 0 Å². The normalized spacial score (nSPS) is 11.3. The lowest BCUT2D eigenvalue weighted by atomic mass is 9.96. The van der Waals surface area contributed by atoms with Gasteiger partial charge in [0.15, 0.2) is 5.82 Å². The van der Waals surface area contributed by atoms with Crippen molar-refractivity contribution in [2.75, 3.05) is 24.7 Å². The van der Waals surface area contributed by atoms with Crippen molar-refractivity contribution in [3.05, 3.63) is 5.82 Å². The summed E-state index contributed by atoms with van der Waals surface area (Å²) in [4.78, 5) is 8.72. The van der Waals surface area contributed by atoms with Crippen LogP contribution in [0.3, 0.4) is 0 Å². The fraction of sp³-hybridized carbons (Fsp3) is 0.636. The number of hydrogen-bond donors (Lipinski definition) is 2. The van der Waals surface area contributed by atoms with Gasteiger partial charge in [0.2, 0.25) is 5.88 Å². The van der Waals surface area contributed by atoms with Gasteiger partial charge in [-0.2, -0.15) is 4.98 Å². The van der Waals surface area contributed by atoms with Gasteiger partial charge in [-0.3, -0.25) is 0 Å². The maximum atomic E-state index is 5.88. The Morgan fingerprint density at radius 3 is 2.38 bits per heavy atom. The average Bonchev–Trinajstić information content (AvgIpc) is 2.19. The Bertz CT molecular complexity index is 371. The Morgan fingerprint density at radius 1 is 1.31 bits per heavy atom. The molecule has 0 aliphatic rings. The highest BCUT2D eigenvalue weighted by Crippen LogP contribution is 2.29. The molecule has 16 heavy (non-hydrogen) atoms. The van der Waals surface area contributed by atoms with Gasteiger partial charge in [0.05, 0.1) is 7.11 Å². The number of hydrogen-bond acceptors (Lipinski definition) is 5. The van der Waals surface area contributed by atoms with Crippen molar-refractivity contribution in [1.82, 2.24) is 9.97 Å². The highest BCUT2D eigenvalue weighted by molar-refractivity contribution is 5.67. The van der Waals surface area contributed by atoms with Crippen molar-refractivity contribution < 1.29 is 4.74 Å². The number of methoxy groups -OCH3 is 1. The smallest absolute Gasteiger partial charge is 0.242 e. The van der Waals surface area contributed by atoms with E-state index in [1.807, 2.05) is 27.7 Å². The molecule has 0 aromatic carbocycles. The third kappa shape index (κ3) is 2.53. The largest absolute Gasteiger partial charge is 0.479 e. The molecule has 0 atom stereocenters. The number of nitrogens with zero attached hydrogens (tertiary/aromatic N) is 2. The van der Waals surface area contributed by atoms with Crippen LogP contribution in [0.4, 0.5) is 11.5 Å². The predicted octanol–water partition coefficient (Wildman–Crippen LogP) is 1.80. The molecule has 90 valence electrons. The molecule has 0 bridgehead atoms. The van der Waals surface area contributed by atoms with E-state index in [0.29, 0.717) is 17.4 Å². The molecule has 1 rings (SSSR count). The summed E-state index contributed by atoms with van der Waals surface area (Å²) in [6.45, 7) is 8.90. The van der Waals surface area contributed by atoms with E-state index in [2.05, 4.69) is 15.3 Å². The van der Waals surface area contributed by atoms with Crippen molar-refractivity contribution >= 4 is 11.5 Å². The number of anilines is 2. The zero-order chi connectivity index (χ0) is 12.3. The molecule has 0 spiro atoms. The standard InChI is InChI=1S/C11H20N4O/c1-6-13-8-7(12)9(16-5)15-10(14-8)11(2,3)4/h6,12H2,1-5H3,(H,13,14,15). The van der Waals surface area contributed by atoms with Crippen LogP contribution in [0, 0.1) is 0 Å². The maximum absolute atomic E-state index is 5.88. The van der Waals surface area contributed by atoms with Gasteiger partial charge in [0, 0.05) is 12.0 Å². The maximum Gasteiger partial charge on any atom is 0.242 e. The van der Waals surface area contributed by atoms with Crippen LogP contribution in [0.25, 0.3) is 0 Å². The van der Waals surface area contributed by atoms with Gasteiger partial charge < -0.3 is 15.8 Å². The summed E-state index contributed by atoms with van der Waals surface area (Å²) >= 11 is 0. The summed E-state index contributed by atoms with van der Waals surface area (Å²) in [5.41, 5.74) is 6.20. The van der Waals surface area contributed by atoms with Gasteiger partial charge in [-0.1, -0.05) is 20.8 Å². The van der Waals surface area contributed by atoms with E-state index in [9.17, 15) is 0 Å². The van der Waals surface area contributed by atoms with Gasteiger partial charge in [-0.25, -0.2) is 4.98 Å². The van der Waals surface area contributed by atoms with Crippen LogP contribution in [0.5, 0.6) is 5.88 Å². The summed E-state index contributed by atoms with van der Waals surface area (Å²) in [5.74, 6) is 1.78. The lowest BCUT2D eigenvalue weighted by Crippen LogP contribution is -2.19. The van der Waals surface area contributed by atoms with Gasteiger partial charge in [-0.15, -0.1) is 0 Å². The van der Waals surface area contributed by atoms with Crippen LogP contribution in [0.1, 0.15) is 33.5 Å². The first-order valence-electron chi connectivity index (χ1n) is 5.36. The van der Waals surface area contributed by atoms with Gasteiger partial charge in [0.25, 0.3) is 0 Å². The van der Waals surface area contributed by atoms with Crippen LogP contribution in [0.15, 0.2) is 0 Å². The van der Waals surface area contributed by atoms with E-state index in [-0.39, 0.29) is 5.41 Å². The molecule has 1 aromatic rings. The second-order valence-electron chi connectivity index (χ2n) is 4.60. The van der Waals surface area contributed by atoms with Crippen molar-refractivity contribution in [2.45, 2.75) is 33.1 Å². The number of nitrogen functional groups attached to an aromatic ring is 1. The van der Waals surface area contributed by atoms with Crippen molar-refractivity contribution in [1.29, 1.82) is 0 Å². The molecule has 5 nitrogen and oxygen atoms in total.